The van der Waals surface area contributed by atoms with Gasteiger partial charge in [-0.05, 0) is 42.8 Å². The molecular formula is C34H30N8O10. The first-order chi connectivity index (χ1) is 25.1. The van der Waals surface area contributed by atoms with Crippen molar-refractivity contribution in [2.75, 3.05) is 39.5 Å². The van der Waals surface area contributed by atoms with Crippen LogP contribution in [0.15, 0.2) is 59.5 Å². The zero-order chi connectivity index (χ0) is 36.8. The first kappa shape index (κ1) is 35.0. The number of nitriles is 1. The van der Waals surface area contributed by atoms with Crippen LogP contribution in [0.2, 0.25) is 0 Å². The average molecular weight is 711 g/mol. The maximum absolute atomic E-state index is 13.1. The third-order valence-electron chi connectivity index (χ3n) is 8.06. The largest absolute Gasteiger partial charge is 0.484 e. The number of imide groups is 2. The van der Waals surface area contributed by atoms with Crippen molar-refractivity contribution in [3.8, 4) is 28.8 Å². The van der Waals surface area contributed by atoms with E-state index in [0.717, 1.165) is 4.90 Å². The number of aromatic amines is 1. The second kappa shape index (κ2) is 15.3. The number of fused-ring (bicyclic) bond motifs is 2. The topological polar surface area (TPSA) is 243 Å². The van der Waals surface area contributed by atoms with Crippen molar-refractivity contribution in [3.63, 3.8) is 0 Å². The fraction of sp³-hybridized carbons (Fsp3) is 0.265. The van der Waals surface area contributed by atoms with Gasteiger partial charge < -0.3 is 24.8 Å². The average Bonchev–Trinajstić information content (AvgIpc) is 3.67. The summed E-state index contributed by atoms with van der Waals surface area (Å²) >= 11 is 0. The van der Waals surface area contributed by atoms with Crippen LogP contribution in [0.5, 0.6) is 11.5 Å². The molecule has 0 bridgehead atoms. The molecule has 0 saturated carbocycles. The summed E-state index contributed by atoms with van der Waals surface area (Å²) in [4.78, 5) is 92.0. The van der Waals surface area contributed by atoms with E-state index in [0.29, 0.717) is 17.0 Å². The number of H-pyrrole nitrogens is 1. The molecule has 6 rings (SSSR count). The van der Waals surface area contributed by atoms with Gasteiger partial charge in [-0.2, -0.15) is 5.26 Å². The Labute approximate surface area is 293 Å². The van der Waals surface area contributed by atoms with Crippen molar-refractivity contribution in [1.82, 2.24) is 35.4 Å². The molecule has 18 nitrogen and oxygen atoms in total. The minimum absolute atomic E-state index is 0.00536. The molecule has 2 aromatic heterocycles. The monoisotopic (exact) mass is 710 g/mol. The van der Waals surface area contributed by atoms with Crippen LogP contribution in [0.1, 0.15) is 39.1 Å². The molecule has 52 heavy (non-hydrogen) atoms. The SMILES string of the molecule is N#Cc1c[nH]n2c(=O)cc(-c3ccc(OCC(=O)NCCOCCNC(=O)COc4cccc5c4C(=O)N(C4CCC(=O)NC4=O)C5=O)cc3)nc12. The van der Waals surface area contributed by atoms with E-state index < -0.39 is 42.2 Å². The Bertz CT molecular complexity index is 2190. The Kier molecular flexibility index (Phi) is 10.3. The van der Waals surface area contributed by atoms with E-state index in [9.17, 15) is 38.8 Å². The van der Waals surface area contributed by atoms with Gasteiger partial charge in [0.25, 0.3) is 29.2 Å². The van der Waals surface area contributed by atoms with Crippen LogP contribution in [-0.4, -0.2) is 100 Å². The Balaban J connectivity index is 0.863. The van der Waals surface area contributed by atoms with E-state index in [1.807, 2.05) is 6.07 Å². The van der Waals surface area contributed by atoms with E-state index in [-0.39, 0.29) is 85.3 Å². The lowest BCUT2D eigenvalue weighted by atomic mass is 10.0. The number of rotatable bonds is 14. The highest BCUT2D eigenvalue weighted by Gasteiger charge is 2.46. The molecule has 1 unspecified atom stereocenters. The summed E-state index contributed by atoms with van der Waals surface area (Å²) in [5.74, 6) is -3.12. The number of amides is 6. The van der Waals surface area contributed by atoms with Crippen LogP contribution in [0.4, 0.5) is 0 Å². The molecule has 1 fully saturated rings. The minimum Gasteiger partial charge on any atom is -0.484 e. The van der Waals surface area contributed by atoms with Gasteiger partial charge in [0.2, 0.25) is 11.8 Å². The van der Waals surface area contributed by atoms with Gasteiger partial charge in [-0.3, -0.25) is 48.9 Å². The summed E-state index contributed by atoms with van der Waals surface area (Å²) in [7, 11) is 0. The number of benzene rings is 2. The maximum Gasteiger partial charge on any atom is 0.273 e. The summed E-state index contributed by atoms with van der Waals surface area (Å²) in [5, 5.41) is 19.3. The number of nitrogens with one attached hydrogen (secondary N) is 4. The van der Waals surface area contributed by atoms with Gasteiger partial charge in [-0.25, -0.2) is 9.50 Å². The molecule has 1 saturated heterocycles. The zero-order valence-corrected chi connectivity index (χ0v) is 27.3. The quantitative estimate of drug-likeness (QED) is 0.0971. The number of carbonyl (C=O) groups excluding carboxylic acids is 6. The van der Waals surface area contributed by atoms with Crippen LogP contribution in [0, 0.1) is 11.3 Å². The number of hydrogen-bond donors (Lipinski definition) is 4. The highest BCUT2D eigenvalue weighted by Crippen LogP contribution is 2.33. The molecule has 2 aliphatic heterocycles. The van der Waals surface area contributed by atoms with Crippen LogP contribution in [-0.2, 0) is 23.9 Å². The molecule has 18 heteroatoms. The van der Waals surface area contributed by atoms with Crippen molar-refractivity contribution in [1.29, 1.82) is 5.26 Å². The second-order valence-corrected chi connectivity index (χ2v) is 11.5. The van der Waals surface area contributed by atoms with E-state index in [1.54, 1.807) is 24.3 Å². The molecule has 2 aromatic carbocycles. The molecule has 4 heterocycles. The standard InChI is InChI=1S/C34H30N8O10/c35-15-20-16-38-42-29(46)14-23(39-31(20)42)19-4-6-21(7-5-19)51-17-27(44)36-10-12-50-13-11-37-28(45)18-52-25-3-1-2-22-30(25)34(49)41(33(22)48)24-8-9-26(43)40-32(24)47/h1-7,14,16,24,38H,8-13,17-18H2,(H,36,44)(H,37,45)(H,40,43,47). The van der Waals surface area contributed by atoms with Gasteiger partial charge in [0.15, 0.2) is 18.9 Å². The van der Waals surface area contributed by atoms with Gasteiger partial charge in [0, 0.05) is 37.3 Å². The molecule has 2 aliphatic rings. The summed E-state index contributed by atoms with van der Waals surface area (Å²) < 4.78 is 17.7. The van der Waals surface area contributed by atoms with Crippen molar-refractivity contribution < 1.29 is 43.0 Å². The van der Waals surface area contributed by atoms with Crippen molar-refractivity contribution in [2.45, 2.75) is 18.9 Å². The first-order valence-electron chi connectivity index (χ1n) is 16.0. The third kappa shape index (κ3) is 7.49. The van der Waals surface area contributed by atoms with Crippen molar-refractivity contribution in [3.05, 3.63) is 81.8 Å². The lowest BCUT2D eigenvalue weighted by molar-refractivity contribution is -0.136. The van der Waals surface area contributed by atoms with Gasteiger partial charge in [0.05, 0.1) is 30.0 Å². The molecule has 266 valence electrons. The number of ether oxygens (including phenoxy) is 3. The van der Waals surface area contributed by atoms with Crippen LogP contribution < -0.4 is 31.0 Å². The number of nitrogens with zero attached hydrogens (tertiary/aromatic N) is 4. The minimum atomic E-state index is -1.12. The lowest BCUT2D eigenvalue weighted by Crippen LogP contribution is -2.54. The molecule has 0 aliphatic carbocycles. The number of carbonyl (C=O) groups is 6. The molecule has 6 amide bonds. The predicted octanol–water partition coefficient (Wildman–Crippen LogP) is -0.331. The van der Waals surface area contributed by atoms with Gasteiger partial charge >= 0.3 is 0 Å². The first-order valence-corrected chi connectivity index (χ1v) is 16.0. The fourth-order valence-corrected chi connectivity index (χ4v) is 5.56. The Morgan fingerprint density at radius 1 is 0.942 bits per heavy atom. The molecule has 1 atom stereocenters. The van der Waals surface area contributed by atoms with E-state index in [4.69, 9.17) is 14.2 Å². The van der Waals surface area contributed by atoms with Gasteiger partial charge in [-0.15, -0.1) is 0 Å². The lowest BCUT2D eigenvalue weighted by Gasteiger charge is -2.27. The highest BCUT2D eigenvalue weighted by atomic mass is 16.5. The van der Waals surface area contributed by atoms with Crippen molar-refractivity contribution >= 4 is 41.1 Å². The third-order valence-corrected chi connectivity index (χ3v) is 8.06. The summed E-state index contributed by atoms with van der Waals surface area (Å²) in [6.07, 6.45) is 1.41. The number of piperidine rings is 1. The Morgan fingerprint density at radius 3 is 2.35 bits per heavy atom. The van der Waals surface area contributed by atoms with E-state index in [2.05, 4.69) is 26.0 Å². The smallest absolute Gasteiger partial charge is 0.273 e. The fourth-order valence-electron chi connectivity index (χ4n) is 5.56. The Morgan fingerprint density at radius 2 is 1.65 bits per heavy atom. The number of hydrogen-bond acceptors (Lipinski definition) is 12. The molecule has 4 aromatic rings. The van der Waals surface area contributed by atoms with Crippen LogP contribution in [0.3, 0.4) is 0 Å². The molecule has 4 N–H and O–H groups in total. The van der Waals surface area contributed by atoms with Gasteiger partial charge in [-0.1, -0.05) is 6.07 Å². The highest BCUT2D eigenvalue weighted by molar-refractivity contribution is 6.24. The molecular weight excluding hydrogens is 680 g/mol. The number of aromatic nitrogens is 3. The predicted molar refractivity (Wildman–Crippen MR) is 177 cm³/mol. The second-order valence-electron chi connectivity index (χ2n) is 11.5. The van der Waals surface area contributed by atoms with Crippen molar-refractivity contribution in [2.24, 2.45) is 0 Å². The van der Waals surface area contributed by atoms with Gasteiger partial charge in [0.1, 0.15) is 29.2 Å². The molecule has 0 spiro atoms. The normalized spacial score (nSPS) is 15.2. The zero-order valence-electron chi connectivity index (χ0n) is 27.3. The van der Waals surface area contributed by atoms with Crippen LogP contribution >= 0.6 is 0 Å². The van der Waals surface area contributed by atoms with E-state index >= 15 is 0 Å². The molecule has 0 radical (unpaired) electrons. The summed E-state index contributed by atoms with van der Waals surface area (Å²) in [6.45, 7) is -0.0999. The summed E-state index contributed by atoms with van der Waals surface area (Å²) in [6, 6.07) is 13.2. The van der Waals surface area contributed by atoms with E-state index in [1.165, 1.54) is 35.0 Å². The van der Waals surface area contributed by atoms with Crippen LogP contribution in [0.25, 0.3) is 16.9 Å². The summed E-state index contributed by atoms with van der Waals surface area (Å²) in [5.41, 5.74) is 1.06. The Hall–Kier alpha value is -6.87. The maximum atomic E-state index is 13.1.